The quantitative estimate of drug-likeness (QED) is 0.420. The molecule has 0 radical (unpaired) electrons. The van der Waals surface area contributed by atoms with Crippen molar-refractivity contribution in [3.05, 3.63) is 94.8 Å². The summed E-state index contributed by atoms with van der Waals surface area (Å²) in [7, 11) is 1.37. The number of methoxy groups -OCH3 is 1. The van der Waals surface area contributed by atoms with Crippen molar-refractivity contribution >= 4 is 29.0 Å². The van der Waals surface area contributed by atoms with E-state index in [1.54, 1.807) is 6.07 Å². The molecule has 7 heteroatoms. The predicted octanol–water partition coefficient (Wildman–Crippen LogP) is 4.25. The number of hydrogen-bond donors (Lipinski definition) is 2. The van der Waals surface area contributed by atoms with Gasteiger partial charge in [0.2, 0.25) is 5.91 Å². The number of nitrogens with one attached hydrogen (secondary N) is 1. The zero-order valence-corrected chi connectivity index (χ0v) is 18.2. The molecule has 4 rings (SSSR count). The third-order valence-corrected chi connectivity index (χ3v) is 5.64. The van der Waals surface area contributed by atoms with Gasteiger partial charge in [0.1, 0.15) is 11.7 Å². The number of anilines is 1. The van der Waals surface area contributed by atoms with E-state index in [0.717, 1.165) is 16.7 Å². The Morgan fingerprint density at radius 1 is 1.06 bits per heavy atom. The molecule has 1 atom stereocenters. The van der Waals surface area contributed by atoms with Gasteiger partial charge in [-0.3, -0.25) is 14.6 Å². The highest BCUT2D eigenvalue weighted by atomic mass is 19.1. The Morgan fingerprint density at radius 3 is 2.42 bits per heavy atom. The Labute approximate surface area is 191 Å². The van der Waals surface area contributed by atoms with E-state index in [0.29, 0.717) is 35.6 Å². The van der Waals surface area contributed by atoms with Crippen LogP contribution in [0.25, 0.3) is 0 Å². The molecule has 1 amide bonds. The zero-order valence-electron chi connectivity index (χ0n) is 18.2. The second kappa shape index (κ2) is 9.75. The molecular formula is C26H24FN3O3. The average Bonchev–Trinajstić information content (AvgIpc) is 3.16. The van der Waals surface area contributed by atoms with E-state index in [-0.39, 0.29) is 18.3 Å². The molecule has 0 aliphatic carbocycles. The second-order valence-electron chi connectivity index (χ2n) is 7.79. The number of nitrogens with two attached hydrogens (primary N) is 1. The summed E-state index contributed by atoms with van der Waals surface area (Å²) in [4.78, 5) is 29.2. The molecule has 0 fully saturated rings. The van der Waals surface area contributed by atoms with Crippen molar-refractivity contribution in [2.45, 2.75) is 25.3 Å². The molecule has 3 aromatic carbocycles. The Morgan fingerprint density at radius 2 is 1.76 bits per heavy atom. The predicted molar refractivity (Wildman–Crippen MR) is 125 cm³/mol. The number of ether oxygens (including phenoxy) is 1. The molecule has 33 heavy (non-hydrogen) atoms. The van der Waals surface area contributed by atoms with E-state index in [2.05, 4.69) is 5.32 Å². The number of esters is 1. The number of aliphatic imine (C=N–C) groups is 1. The average molecular weight is 445 g/mol. The van der Waals surface area contributed by atoms with Gasteiger partial charge in [0.05, 0.1) is 18.5 Å². The lowest BCUT2D eigenvalue weighted by molar-refractivity contribution is -0.140. The standard InChI is InChI=1S/C26H24FN3O3/c1-33-23(31)13-6-16-2-7-18(8-3-16)25(29-20-10-4-17(15-28)5-11-20)24-21-12-9-19(27)14-22(21)30-26(24)32/h2-5,7-12,14,24H,6,13,15,28H2,1H3,(H,30,32). The lowest BCUT2D eigenvalue weighted by Gasteiger charge is -2.15. The van der Waals surface area contributed by atoms with Gasteiger partial charge in [-0.2, -0.15) is 0 Å². The van der Waals surface area contributed by atoms with Crippen molar-refractivity contribution in [1.29, 1.82) is 0 Å². The number of benzene rings is 3. The Hall–Kier alpha value is -3.84. The lowest BCUT2D eigenvalue weighted by atomic mass is 9.90. The Bertz CT molecular complexity index is 1200. The first-order chi connectivity index (χ1) is 16.0. The van der Waals surface area contributed by atoms with Crippen molar-refractivity contribution < 1.29 is 18.7 Å². The van der Waals surface area contributed by atoms with Crippen LogP contribution in [0.5, 0.6) is 0 Å². The topological polar surface area (TPSA) is 93.8 Å². The first-order valence-electron chi connectivity index (χ1n) is 10.6. The van der Waals surface area contributed by atoms with Gasteiger partial charge in [-0.15, -0.1) is 0 Å². The van der Waals surface area contributed by atoms with Crippen molar-refractivity contribution in [2.24, 2.45) is 10.7 Å². The number of fused-ring (bicyclic) bond motifs is 1. The third-order valence-electron chi connectivity index (χ3n) is 5.64. The number of nitrogens with zero attached hydrogens (tertiary/aromatic N) is 1. The third kappa shape index (κ3) is 4.99. The highest BCUT2D eigenvalue weighted by Gasteiger charge is 2.35. The summed E-state index contributed by atoms with van der Waals surface area (Å²) in [6, 6.07) is 19.3. The summed E-state index contributed by atoms with van der Waals surface area (Å²) < 4.78 is 18.4. The summed E-state index contributed by atoms with van der Waals surface area (Å²) in [5.41, 5.74) is 10.8. The summed E-state index contributed by atoms with van der Waals surface area (Å²) in [6.07, 6.45) is 0.834. The van der Waals surface area contributed by atoms with Gasteiger partial charge in [-0.1, -0.05) is 42.5 Å². The summed E-state index contributed by atoms with van der Waals surface area (Å²) in [5, 5.41) is 2.77. The van der Waals surface area contributed by atoms with Gasteiger partial charge in [-0.05, 0) is 52.9 Å². The largest absolute Gasteiger partial charge is 0.469 e. The Balaban J connectivity index is 1.73. The highest BCUT2D eigenvalue weighted by molar-refractivity contribution is 6.24. The summed E-state index contributed by atoms with van der Waals surface area (Å²) in [5.74, 6) is -1.63. The first kappa shape index (κ1) is 22.4. The fourth-order valence-corrected chi connectivity index (χ4v) is 3.84. The van der Waals surface area contributed by atoms with Crippen LogP contribution in [0, 0.1) is 5.82 Å². The lowest BCUT2D eigenvalue weighted by Crippen LogP contribution is -2.22. The fourth-order valence-electron chi connectivity index (χ4n) is 3.84. The number of rotatable bonds is 7. The maximum atomic E-state index is 13.7. The number of hydrogen-bond acceptors (Lipinski definition) is 5. The van der Waals surface area contributed by atoms with E-state index >= 15 is 0 Å². The first-order valence-corrected chi connectivity index (χ1v) is 10.6. The van der Waals surface area contributed by atoms with Gasteiger partial charge in [0.25, 0.3) is 0 Å². The monoisotopic (exact) mass is 445 g/mol. The molecule has 3 N–H and O–H groups in total. The SMILES string of the molecule is COC(=O)CCc1ccc(C(=Nc2ccc(CN)cc2)C2C(=O)Nc3cc(F)ccc32)cc1. The number of carbonyl (C=O) groups is 2. The van der Waals surface area contributed by atoms with Gasteiger partial charge in [0.15, 0.2) is 0 Å². The van der Waals surface area contributed by atoms with Crippen LogP contribution in [-0.4, -0.2) is 24.7 Å². The number of amides is 1. The van der Waals surface area contributed by atoms with Gasteiger partial charge in [-0.25, -0.2) is 4.39 Å². The second-order valence-corrected chi connectivity index (χ2v) is 7.79. The van der Waals surface area contributed by atoms with E-state index < -0.39 is 11.7 Å². The minimum atomic E-state index is -0.685. The molecule has 6 nitrogen and oxygen atoms in total. The molecule has 1 unspecified atom stereocenters. The normalized spacial score (nSPS) is 15.2. The smallest absolute Gasteiger partial charge is 0.305 e. The molecular weight excluding hydrogens is 421 g/mol. The molecule has 0 spiro atoms. The van der Waals surface area contributed by atoms with Crippen molar-refractivity contribution in [3.8, 4) is 0 Å². The maximum Gasteiger partial charge on any atom is 0.305 e. The maximum absolute atomic E-state index is 13.7. The number of halogens is 1. The summed E-state index contributed by atoms with van der Waals surface area (Å²) in [6.45, 7) is 0.424. The van der Waals surface area contributed by atoms with Crippen LogP contribution >= 0.6 is 0 Å². The molecule has 1 heterocycles. The van der Waals surface area contributed by atoms with E-state index in [4.69, 9.17) is 15.5 Å². The molecule has 168 valence electrons. The van der Waals surface area contributed by atoms with Crippen molar-refractivity contribution in [2.75, 3.05) is 12.4 Å². The van der Waals surface area contributed by atoms with Crippen LogP contribution in [0.1, 0.15) is 34.6 Å². The molecule has 1 aliphatic rings. The molecule has 0 aromatic heterocycles. The fraction of sp³-hybridized carbons (Fsp3) is 0.192. The van der Waals surface area contributed by atoms with E-state index in [9.17, 15) is 14.0 Å². The molecule has 1 aliphatic heterocycles. The van der Waals surface area contributed by atoms with Crippen LogP contribution < -0.4 is 11.1 Å². The van der Waals surface area contributed by atoms with Gasteiger partial charge in [0, 0.05) is 18.7 Å². The molecule has 3 aromatic rings. The minimum Gasteiger partial charge on any atom is -0.469 e. The van der Waals surface area contributed by atoms with Crippen LogP contribution in [-0.2, 0) is 27.3 Å². The van der Waals surface area contributed by atoms with Gasteiger partial charge < -0.3 is 15.8 Å². The van der Waals surface area contributed by atoms with Crippen molar-refractivity contribution in [1.82, 2.24) is 0 Å². The van der Waals surface area contributed by atoms with Gasteiger partial charge >= 0.3 is 5.97 Å². The van der Waals surface area contributed by atoms with Crippen LogP contribution in [0.3, 0.4) is 0 Å². The molecule has 0 bridgehead atoms. The number of aryl methyl sites for hydroxylation is 1. The van der Waals surface area contributed by atoms with Crippen molar-refractivity contribution in [3.63, 3.8) is 0 Å². The minimum absolute atomic E-state index is 0.261. The summed E-state index contributed by atoms with van der Waals surface area (Å²) >= 11 is 0. The van der Waals surface area contributed by atoms with E-state index in [1.165, 1.54) is 19.2 Å². The van der Waals surface area contributed by atoms with Crippen LogP contribution in [0.2, 0.25) is 0 Å². The highest BCUT2D eigenvalue weighted by Crippen LogP contribution is 2.36. The van der Waals surface area contributed by atoms with Crippen LogP contribution in [0.4, 0.5) is 15.8 Å². The Kier molecular flexibility index (Phi) is 6.60. The molecule has 0 saturated carbocycles. The van der Waals surface area contributed by atoms with Crippen LogP contribution in [0.15, 0.2) is 71.7 Å². The molecule has 0 saturated heterocycles. The van der Waals surface area contributed by atoms with E-state index in [1.807, 2.05) is 48.5 Å². The number of carbonyl (C=O) groups excluding carboxylic acids is 2. The zero-order chi connectivity index (χ0) is 23.4.